The van der Waals surface area contributed by atoms with E-state index in [0.29, 0.717) is 36.2 Å². The number of thiazole rings is 1. The number of carbonyl (C=O) groups excluding carboxylic acids is 1. The molecule has 0 saturated heterocycles. The summed E-state index contributed by atoms with van der Waals surface area (Å²) in [6.07, 6.45) is 1.70. The van der Waals surface area contributed by atoms with E-state index in [2.05, 4.69) is 4.99 Å². The van der Waals surface area contributed by atoms with Gasteiger partial charge in [-0.15, -0.1) is 11.3 Å². The molecule has 154 valence electrons. The number of esters is 1. The fourth-order valence-electron chi connectivity index (χ4n) is 3.28. The van der Waals surface area contributed by atoms with Crippen molar-refractivity contribution in [2.75, 3.05) is 6.61 Å². The lowest BCUT2D eigenvalue weighted by Gasteiger charge is -2.23. The summed E-state index contributed by atoms with van der Waals surface area (Å²) in [6.45, 7) is 3.75. The van der Waals surface area contributed by atoms with E-state index in [4.69, 9.17) is 27.9 Å². The number of thiophene rings is 1. The van der Waals surface area contributed by atoms with Crippen LogP contribution in [0.3, 0.4) is 0 Å². The second kappa shape index (κ2) is 8.51. The van der Waals surface area contributed by atoms with Crippen molar-refractivity contribution in [3.63, 3.8) is 0 Å². The number of hydrogen-bond donors (Lipinski definition) is 0. The van der Waals surface area contributed by atoms with Gasteiger partial charge in [0.1, 0.15) is 6.04 Å². The van der Waals surface area contributed by atoms with Crippen LogP contribution in [0, 0.1) is 0 Å². The third kappa shape index (κ3) is 3.67. The molecule has 0 saturated carbocycles. The summed E-state index contributed by atoms with van der Waals surface area (Å²) < 4.78 is 7.27. The molecule has 1 unspecified atom stereocenters. The molecule has 30 heavy (non-hydrogen) atoms. The summed E-state index contributed by atoms with van der Waals surface area (Å²) >= 11 is 15.1. The van der Waals surface area contributed by atoms with Crippen molar-refractivity contribution < 1.29 is 9.53 Å². The van der Waals surface area contributed by atoms with Gasteiger partial charge in [-0.1, -0.05) is 52.7 Å². The van der Waals surface area contributed by atoms with Gasteiger partial charge in [-0.3, -0.25) is 9.36 Å². The number of benzene rings is 1. The summed E-state index contributed by atoms with van der Waals surface area (Å²) in [5.74, 6) is -0.468. The highest BCUT2D eigenvalue weighted by Crippen LogP contribution is 2.33. The molecule has 2 aromatic heterocycles. The van der Waals surface area contributed by atoms with Gasteiger partial charge in [0.2, 0.25) is 0 Å². The average molecular weight is 479 g/mol. The number of nitrogens with zero attached hydrogens (tertiary/aromatic N) is 2. The summed E-state index contributed by atoms with van der Waals surface area (Å²) in [7, 11) is 0. The Morgan fingerprint density at radius 2 is 2.10 bits per heavy atom. The van der Waals surface area contributed by atoms with Crippen molar-refractivity contribution in [1.29, 1.82) is 0 Å². The van der Waals surface area contributed by atoms with Gasteiger partial charge in [0.15, 0.2) is 4.80 Å². The van der Waals surface area contributed by atoms with Crippen LogP contribution in [0.15, 0.2) is 56.8 Å². The molecule has 0 aliphatic carbocycles. The predicted octanol–water partition coefficient (Wildman–Crippen LogP) is 4.17. The number of rotatable bonds is 4. The van der Waals surface area contributed by atoms with Crippen LogP contribution in [-0.2, 0) is 9.53 Å². The zero-order valence-corrected chi connectivity index (χ0v) is 19.2. The van der Waals surface area contributed by atoms with E-state index >= 15 is 0 Å². The Hall–Kier alpha value is -2.19. The van der Waals surface area contributed by atoms with Crippen LogP contribution in [0.4, 0.5) is 0 Å². The van der Waals surface area contributed by atoms with Crippen LogP contribution in [0.5, 0.6) is 0 Å². The Labute approximate surface area is 190 Å². The molecule has 4 rings (SSSR count). The quantitative estimate of drug-likeness (QED) is 0.528. The minimum atomic E-state index is -0.586. The van der Waals surface area contributed by atoms with Crippen LogP contribution in [-0.4, -0.2) is 17.1 Å². The maximum absolute atomic E-state index is 13.4. The van der Waals surface area contributed by atoms with Gasteiger partial charge in [0, 0.05) is 4.88 Å². The van der Waals surface area contributed by atoms with E-state index in [1.807, 2.05) is 17.5 Å². The van der Waals surface area contributed by atoms with E-state index < -0.39 is 12.0 Å². The van der Waals surface area contributed by atoms with Crippen molar-refractivity contribution in [2.45, 2.75) is 19.9 Å². The molecule has 0 radical (unpaired) electrons. The molecule has 0 N–H and O–H groups in total. The first kappa shape index (κ1) is 21.1. The number of aromatic nitrogens is 1. The third-order valence-electron chi connectivity index (χ3n) is 4.60. The Kier molecular flexibility index (Phi) is 5.97. The molecule has 0 fully saturated rings. The molecule has 0 spiro atoms. The minimum Gasteiger partial charge on any atom is -0.463 e. The van der Waals surface area contributed by atoms with Crippen molar-refractivity contribution in [2.24, 2.45) is 4.99 Å². The van der Waals surface area contributed by atoms with Crippen LogP contribution >= 0.6 is 45.9 Å². The van der Waals surface area contributed by atoms with Crippen molar-refractivity contribution >= 4 is 57.9 Å². The van der Waals surface area contributed by atoms with Gasteiger partial charge in [0.05, 0.1) is 32.5 Å². The minimum absolute atomic E-state index is 0.241. The fraction of sp³-hybridized carbons (Fsp3) is 0.190. The summed E-state index contributed by atoms with van der Waals surface area (Å²) in [5.41, 5.74) is 1.31. The highest BCUT2D eigenvalue weighted by atomic mass is 35.5. The van der Waals surface area contributed by atoms with Gasteiger partial charge in [-0.25, -0.2) is 9.79 Å². The van der Waals surface area contributed by atoms with E-state index in [0.717, 1.165) is 4.88 Å². The summed E-state index contributed by atoms with van der Waals surface area (Å²) in [6, 6.07) is 8.46. The zero-order valence-electron chi connectivity index (χ0n) is 16.0. The number of allylic oxidation sites excluding steroid dienone is 1. The Morgan fingerprint density at radius 3 is 2.80 bits per heavy atom. The molecule has 0 amide bonds. The number of halogens is 2. The first-order valence-corrected chi connectivity index (χ1v) is 11.5. The monoisotopic (exact) mass is 478 g/mol. The average Bonchev–Trinajstić information content (AvgIpc) is 3.33. The largest absolute Gasteiger partial charge is 0.463 e. The predicted molar refractivity (Wildman–Crippen MR) is 121 cm³/mol. The fourth-order valence-corrected chi connectivity index (χ4v) is 5.50. The maximum Gasteiger partial charge on any atom is 0.338 e. The number of hydrogen-bond acceptors (Lipinski definition) is 6. The SMILES string of the molecule is CCOC(=O)C1=C(C)N=c2sc(=Cc3cccc(Cl)c3Cl)c(=O)n2C1c1cccs1. The number of fused-ring (bicyclic) bond motifs is 1. The van der Waals surface area contributed by atoms with Gasteiger partial charge in [0.25, 0.3) is 5.56 Å². The lowest BCUT2D eigenvalue weighted by atomic mass is 10.0. The summed E-state index contributed by atoms with van der Waals surface area (Å²) in [5, 5.41) is 2.70. The topological polar surface area (TPSA) is 60.7 Å². The van der Waals surface area contributed by atoms with E-state index in [9.17, 15) is 9.59 Å². The lowest BCUT2D eigenvalue weighted by Crippen LogP contribution is -2.39. The molecule has 1 aliphatic rings. The van der Waals surface area contributed by atoms with Crippen LogP contribution in [0.25, 0.3) is 6.08 Å². The molecule has 5 nitrogen and oxygen atoms in total. The second-order valence-corrected chi connectivity index (χ2v) is 9.23. The van der Waals surface area contributed by atoms with Crippen molar-refractivity contribution in [1.82, 2.24) is 4.57 Å². The van der Waals surface area contributed by atoms with Crippen LogP contribution in [0.2, 0.25) is 10.0 Å². The molecular weight excluding hydrogens is 463 g/mol. The Morgan fingerprint density at radius 1 is 1.30 bits per heavy atom. The van der Waals surface area contributed by atoms with Crippen molar-refractivity contribution in [3.8, 4) is 0 Å². The highest BCUT2D eigenvalue weighted by Gasteiger charge is 2.33. The zero-order chi connectivity index (χ0) is 21.4. The normalized spacial score (nSPS) is 16.4. The van der Waals surface area contributed by atoms with Gasteiger partial charge in [-0.2, -0.15) is 0 Å². The third-order valence-corrected chi connectivity index (χ3v) is 7.34. The molecule has 9 heteroatoms. The molecule has 0 bridgehead atoms. The molecule has 1 aliphatic heterocycles. The number of ether oxygens (including phenoxy) is 1. The van der Waals surface area contributed by atoms with E-state index in [-0.39, 0.29) is 12.2 Å². The van der Waals surface area contributed by atoms with Gasteiger partial charge in [-0.05, 0) is 43.0 Å². The molecule has 1 atom stereocenters. The molecule has 3 heterocycles. The van der Waals surface area contributed by atoms with Crippen molar-refractivity contribution in [3.05, 3.63) is 87.2 Å². The second-order valence-electron chi connectivity index (χ2n) is 6.46. The standard InChI is InChI=1S/C21H16Cl2N2O3S2/c1-3-28-20(27)16-11(2)24-21-25(18(16)14-8-5-9-29-14)19(26)15(30-21)10-12-6-4-7-13(22)17(12)23/h4-10,18H,3H2,1-2H3. The first-order valence-electron chi connectivity index (χ1n) is 9.09. The molecule has 3 aromatic rings. The summed E-state index contributed by atoms with van der Waals surface area (Å²) in [4.78, 5) is 32.0. The molecule has 1 aromatic carbocycles. The van der Waals surface area contributed by atoms with Crippen LogP contribution in [0.1, 0.15) is 30.3 Å². The lowest BCUT2D eigenvalue weighted by molar-refractivity contribution is -0.139. The molecular formula is C21H16Cl2N2O3S2. The highest BCUT2D eigenvalue weighted by molar-refractivity contribution is 7.10. The van der Waals surface area contributed by atoms with Gasteiger partial charge >= 0.3 is 5.97 Å². The van der Waals surface area contributed by atoms with E-state index in [1.54, 1.807) is 42.7 Å². The van der Waals surface area contributed by atoms with Crippen LogP contribution < -0.4 is 14.9 Å². The number of carbonyl (C=O) groups is 1. The Balaban J connectivity index is 1.96. The smallest absolute Gasteiger partial charge is 0.338 e. The van der Waals surface area contributed by atoms with Gasteiger partial charge < -0.3 is 4.74 Å². The van der Waals surface area contributed by atoms with E-state index in [1.165, 1.54) is 22.7 Å². The Bertz CT molecular complexity index is 1340. The maximum atomic E-state index is 13.4. The first-order chi connectivity index (χ1) is 14.4.